The number of aryl methyl sites for hydroxylation is 1. The minimum atomic E-state index is -1.03. The summed E-state index contributed by atoms with van der Waals surface area (Å²) in [6.07, 6.45) is 3.64. The van der Waals surface area contributed by atoms with Gasteiger partial charge in [-0.1, -0.05) is 32.3 Å². The van der Waals surface area contributed by atoms with Crippen molar-refractivity contribution in [2.75, 3.05) is 36.6 Å². The third kappa shape index (κ3) is 10.3. The number of anilines is 2. The fourth-order valence-corrected chi connectivity index (χ4v) is 4.93. The molecule has 0 unspecified atom stereocenters. The van der Waals surface area contributed by atoms with Crippen molar-refractivity contribution in [2.45, 2.75) is 51.7 Å². The van der Waals surface area contributed by atoms with Crippen LogP contribution in [0, 0.1) is 0 Å². The SMILES string of the molecule is CCCCCCOC(=O)/N=C(\N)c1ccc(NCc2nc3cc(C(=O)N(CCC(=O)OC(CO)CO)c4ccccn4)ccc3n2C)cc1. The van der Waals surface area contributed by atoms with Gasteiger partial charge in [0.25, 0.3) is 5.91 Å². The molecule has 0 fully saturated rings. The fraction of sp³-hybridized carbons (Fsp3) is 0.371. The normalized spacial score (nSPS) is 11.5. The lowest BCUT2D eigenvalue weighted by Gasteiger charge is -2.22. The van der Waals surface area contributed by atoms with Gasteiger partial charge in [-0.3, -0.25) is 14.5 Å². The highest BCUT2D eigenvalue weighted by Gasteiger charge is 2.22. The quantitative estimate of drug-likeness (QED) is 0.0549. The minimum absolute atomic E-state index is 0.0345. The Morgan fingerprint density at radius 2 is 1.78 bits per heavy atom. The molecule has 0 atom stereocenters. The molecule has 5 N–H and O–H groups in total. The number of carbonyl (C=O) groups is 3. The highest BCUT2D eigenvalue weighted by Crippen LogP contribution is 2.21. The van der Waals surface area contributed by atoms with E-state index in [2.05, 4.69) is 22.2 Å². The van der Waals surface area contributed by atoms with Gasteiger partial charge in [0.2, 0.25) is 0 Å². The number of fused-ring (bicyclic) bond motifs is 1. The van der Waals surface area contributed by atoms with Crippen LogP contribution in [0.1, 0.15) is 60.8 Å². The largest absolute Gasteiger partial charge is 0.457 e. The number of unbranched alkanes of at least 4 members (excludes halogenated alkanes) is 3. The highest BCUT2D eigenvalue weighted by molar-refractivity contribution is 6.07. The first-order chi connectivity index (χ1) is 23.7. The number of rotatable bonds is 17. The number of nitrogens with zero attached hydrogens (tertiary/aromatic N) is 5. The van der Waals surface area contributed by atoms with Crippen LogP contribution in [0.5, 0.6) is 0 Å². The predicted molar refractivity (Wildman–Crippen MR) is 185 cm³/mol. The number of amidine groups is 1. The summed E-state index contributed by atoms with van der Waals surface area (Å²) in [7, 11) is 1.88. The molecular weight excluding hydrogens is 630 g/mol. The molecule has 2 heterocycles. The topological polar surface area (TPSA) is 194 Å². The number of hydrogen-bond acceptors (Lipinski definition) is 10. The summed E-state index contributed by atoms with van der Waals surface area (Å²) in [5.41, 5.74) is 9.18. The Labute approximate surface area is 284 Å². The van der Waals surface area contributed by atoms with Gasteiger partial charge in [-0.2, -0.15) is 4.99 Å². The lowest BCUT2D eigenvalue weighted by Crippen LogP contribution is -2.35. The van der Waals surface area contributed by atoms with Crippen molar-refractivity contribution in [3.8, 4) is 0 Å². The molecular formula is C35H43N7O7. The standard InChI is InChI=1S/C35H43N7O7/c1-3-4-5-8-19-48-35(47)40-33(36)24-10-13-26(14-11-24)38-21-31-39-28-20-25(12-15-29(28)41(31)2)34(46)42(30-9-6-7-17-37-30)18-16-32(45)49-27(22-43)23-44/h6-7,9-15,17,20,27,38,43-44H,3-5,8,16,18-19,21-23H2,1-2H3,(H2,36,40,47). The first kappa shape index (κ1) is 36.5. The van der Waals surface area contributed by atoms with E-state index in [4.69, 9.17) is 20.2 Å². The molecule has 14 nitrogen and oxygen atoms in total. The van der Waals surface area contributed by atoms with E-state index in [1.807, 2.05) is 29.8 Å². The van der Waals surface area contributed by atoms with Crippen molar-refractivity contribution >= 4 is 46.3 Å². The summed E-state index contributed by atoms with van der Waals surface area (Å²) in [5.74, 6) is 0.0905. The Bertz CT molecular complexity index is 1720. The zero-order valence-electron chi connectivity index (χ0n) is 27.7. The van der Waals surface area contributed by atoms with E-state index in [9.17, 15) is 24.6 Å². The Hall–Kier alpha value is -5.34. The summed E-state index contributed by atoms with van der Waals surface area (Å²) in [5, 5.41) is 21.7. The number of aliphatic imine (C=N–C) groups is 1. The maximum absolute atomic E-state index is 13.7. The number of pyridine rings is 1. The van der Waals surface area contributed by atoms with Gasteiger partial charge in [0.05, 0.1) is 43.8 Å². The van der Waals surface area contributed by atoms with Crippen LogP contribution in [0.4, 0.5) is 16.3 Å². The number of ether oxygens (including phenoxy) is 2. The maximum atomic E-state index is 13.7. The minimum Gasteiger partial charge on any atom is -0.457 e. The van der Waals surface area contributed by atoms with Crippen molar-refractivity contribution in [3.05, 3.63) is 83.8 Å². The number of nitrogens with two attached hydrogens (primary N) is 1. The number of amides is 2. The van der Waals surface area contributed by atoms with Crippen LogP contribution in [0.15, 0.2) is 71.9 Å². The second kappa shape index (κ2) is 18.3. The molecule has 0 spiro atoms. The first-order valence-corrected chi connectivity index (χ1v) is 16.2. The van der Waals surface area contributed by atoms with Crippen LogP contribution in [0.3, 0.4) is 0 Å². The van der Waals surface area contributed by atoms with Gasteiger partial charge in [-0.05, 0) is 61.0 Å². The summed E-state index contributed by atoms with van der Waals surface area (Å²) < 4.78 is 12.1. The van der Waals surface area contributed by atoms with Gasteiger partial charge in [-0.25, -0.2) is 14.8 Å². The van der Waals surface area contributed by atoms with E-state index in [1.54, 1.807) is 48.7 Å². The first-order valence-electron chi connectivity index (χ1n) is 16.2. The second-order valence-corrected chi connectivity index (χ2v) is 11.3. The zero-order valence-corrected chi connectivity index (χ0v) is 27.7. The number of aliphatic hydroxyl groups excluding tert-OH is 2. The van der Waals surface area contributed by atoms with Crippen molar-refractivity contribution in [1.29, 1.82) is 0 Å². The predicted octanol–water partition coefficient (Wildman–Crippen LogP) is 3.94. The average molecular weight is 674 g/mol. The Kier molecular flexibility index (Phi) is 13.6. The lowest BCUT2D eigenvalue weighted by atomic mass is 10.1. The van der Waals surface area contributed by atoms with Gasteiger partial charge < -0.3 is 35.3 Å². The molecule has 0 aliphatic carbocycles. The summed E-state index contributed by atoms with van der Waals surface area (Å²) in [4.78, 5) is 52.3. The van der Waals surface area contributed by atoms with E-state index in [-0.39, 0.29) is 24.7 Å². The van der Waals surface area contributed by atoms with Crippen molar-refractivity contribution in [1.82, 2.24) is 14.5 Å². The van der Waals surface area contributed by atoms with Crippen molar-refractivity contribution < 1.29 is 34.1 Å². The number of hydrogen-bond donors (Lipinski definition) is 4. The third-order valence-electron chi connectivity index (χ3n) is 7.70. The molecule has 4 aromatic rings. The molecule has 260 valence electrons. The number of esters is 1. The van der Waals surface area contributed by atoms with E-state index in [1.165, 1.54) is 4.90 Å². The molecule has 49 heavy (non-hydrogen) atoms. The van der Waals surface area contributed by atoms with Crippen LogP contribution < -0.4 is 16.0 Å². The van der Waals surface area contributed by atoms with Crippen LogP contribution >= 0.6 is 0 Å². The number of imidazole rings is 1. The fourth-order valence-electron chi connectivity index (χ4n) is 4.93. The molecule has 2 aromatic carbocycles. The molecule has 0 saturated carbocycles. The van der Waals surface area contributed by atoms with Crippen molar-refractivity contribution in [3.63, 3.8) is 0 Å². The highest BCUT2D eigenvalue weighted by atomic mass is 16.6. The van der Waals surface area contributed by atoms with Gasteiger partial charge in [0.15, 0.2) is 0 Å². The molecule has 4 rings (SSSR count). The number of aliphatic hydroxyl groups is 2. The molecule has 0 bridgehead atoms. The second-order valence-electron chi connectivity index (χ2n) is 11.3. The number of nitrogens with one attached hydrogen (secondary N) is 1. The van der Waals surface area contributed by atoms with Gasteiger partial charge in [0.1, 0.15) is 23.6 Å². The average Bonchev–Trinajstić information content (AvgIpc) is 3.44. The van der Waals surface area contributed by atoms with Gasteiger partial charge in [-0.15, -0.1) is 0 Å². The lowest BCUT2D eigenvalue weighted by molar-refractivity contribution is -0.153. The van der Waals surface area contributed by atoms with E-state index in [0.29, 0.717) is 35.6 Å². The van der Waals surface area contributed by atoms with Crippen LogP contribution in [-0.2, 0) is 27.9 Å². The van der Waals surface area contributed by atoms with Crippen LogP contribution in [-0.4, -0.2) is 81.0 Å². The zero-order chi connectivity index (χ0) is 35.2. The monoisotopic (exact) mass is 673 g/mol. The summed E-state index contributed by atoms with van der Waals surface area (Å²) in [6.45, 7) is 1.76. The molecule has 0 saturated heterocycles. The molecule has 14 heteroatoms. The Morgan fingerprint density at radius 3 is 2.47 bits per heavy atom. The van der Waals surface area contributed by atoms with E-state index < -0.39 is 31.4 Å². The molecule has 2 aromatic heterocycles. The van der Waals surface area contributed by atoms with E-state index in [0.717, 1.165) is 42.7 Å². The number of carbonyl (C=O) groups excluding carboxylic acids is 3. The van der Waals surface area contributed by atoms with Crippen LogP contribution in [0.25, 0.3) is 11.0 Å². The Balaban J connectivity index is 1.41. The third-order valence-corrected chi connectivity index (χ3v) is 7.70. The Morgan fingerprint density at radius 1 is 1.02 bits per heavy atom. The van der Waals surface area contributed by atoms with Crippen LogP contribution in [0.2, 0.25) is 0 Å². The van der Waals surface area contributed by atoms with E-state index >= 15 is 0 Å². The maximum Gasteiger partial charge on any atom is 0.435 e. The van der Waals surface area contributed by atoms with Gasteiger partial charge in [0, 0.05) is 36.6 Å². The number of benzene rings is 2. The summed E-state index contributed by atoms with van der Waals surface area (Å²) in [6, 6.07) is 17.5. The molecule has 2 amide bonds. The smallest absolute Gasteiger partial charge is 0.435 e. The summed E-state index contributed by atoms with van der Waals surface area (Å²) >= 11 is 0. The number of aromatic nitrogens is 3. The molecule has 0 aliphatic heterocycles. The van der Waals surface area contributed by atoms with Crippen molar-refractivity contribution in [2.24, 2.45) is 17.8 Å². The van der Waals surface area contributed by atoms with Gasteiger partial charge >= 0.3 is 12.1 Å². The molecule has 0 radical (unpaired) electrons. The molecule has 0 aliphatic rings.